The fourth-order valence-electron chi connectivity index (χ4n) is 2.83. The Labute approximate surface area is 150 Å². The van der Waals surface area contributed by atoms with E-state index in [9.17, 15) is 0 Å². The van der Waals surface area contributed by atoms with Crippen molar-refractivity contribution in [1.82, 2.24) is 20.2 Å². The van der Waals surface area contributed by atoms with Crippen molar-refractivity contribution in [2.45, 2.75) is 13.5 Å². The Balaban J connectivity index is 1.46. The van der Waals surface area contributed by atoms with Gasteiger partial charge in [-0.1, -0.05) is 0 Å². The van der Waals surface area contributed by atoms with Gasteiger partial charge in [0.2, 0.25) is 11.9 Å². The van der Waals surface area contributed by atoms with Crippen LogP contribution in [0.25, 0.3) is 10.9 Å². The first-order chi connectivity index (χ1) is 12.7. The van der Waals surface area contributed by atoms with Crippen LogP contribution < -0.4 is 15.4 Å². The van der Waals surface area contributed by atoms with Gasteiger partial charge in [0.05, 0.1) is 44.5 Å². The van der Waals surface area contributed by atoms with Gasteiger partial charge in [-0.15, -0.1) is 0 Å². The van der Waals surface area contributed by atoms with E-state index in [4.69, 9.17) is 9.15 Å². The van der Waals surface area contributed by atoms with Crippen LogP contribution in [0, 0.1) is 6.92 Å². The molecule has 134 valence electrons. The number of anilines is 1. The minimum atomic E-state index is 0.519. The fraction of sp³-hybridized carbons (Fsp3) is 0.278. The fourth-order valence-corrected chi connectivity index (χ4v) is 2.83. The van der Waals surface area contributed by atoms with Gasteiger partial charge in [-0.3, -0.25) is 10.2 Å². The largest absolute Gasteiger partial charge is 0.497 e. The Kier molecular flexibility index (Phi) is 4.40. The Bertz CT molecular complexity index is 938. The molecule has 1 aliphatic rings. The summed E-state index contributed by atoms with van der Waals surface area (Å²) in [6.45, 7) is 3.90. The second-order valence-corrected chi connectivity index (χ2v) is 6.03. The highest BCUT2D eigenvalue weighted by molar-refractivity contribution is 5.93. The SMILES string of the molecule is COc1ccc2nc(NC3=NCN(Cc4ccco4)CN3)nc(C)c2c1. The van der Waals surface area contributed by atoms with Crippen molar-refractivity contribution < 1.29 is 9.15 Å². The van der Waals surface area contributed by atoms with E-state index < -0.39 is 0 Å². The minimum absolute atomic E-state index is 0.519. The van der Waals surface area contributed by atoms with Crippen LogP contribution in [0.1, 0.15) is 11.5 Å². The van der Waals surface area contributed by atoms with Crippen molar-refractivity contribution in [3.63, 3.8) is 0 Å². The van der Waals surface area contributed by atoms with Gasteiger partial charge in [0, 0.05) is 5.39 Å². The van der Waals surface area contributed by atoms with Gasteiger partial charge >= 0.3 is 0 Å². The molecule has 8 nitrogen and oxygen atoms in total. The number of fused-ring (bicyclic) bond motifs is 1. The Hall–Kier alpha value is -3.13. The number of hydrogen-bond donors (Lipinski definition) is 2. The first-order valence-electron chi connectivity index (χ1n) is 8.34. The van der Waals surface area contributed by atoms with Crippen molar-refractivity contribution in [2.75, 3.05) is 25.8 Å². The molecule has 0 aliphatic carbocycles. The molecule has 0 spiro atoms. The highest BCUT2D eigenvalue weighted by atomic mass is 16.5. The Morgan fingerprint density at radius 3 is 2.96 bits per heavy atom. The van der Waals surface area contributed by atoms with E-state index in [-0.39, 0.29) is 0 Å². The van der Waals surface area contributed by atoms with Crippen LogP contribution in [-0.2, 0) is 6.54 Å². The number of methoxy groups -OCH3 is 1. The lowest BCUT2D eigenvalue weighted by Crippen LogP contribution is -2.45. The van der Waals surface area contributed by atoms with Gasteiger partial charge in [-0.05, 0) is 37.3 Å². The van der Waals surface area contributed by atoms with Crippen molar-refractivity contribution in [1.29, 1.82) is 0 Å². The number of nitrogens with zero attached hydrogens (tertiary/aromatic N) is 4. The topological polar surface area (TPSA) is 87.8 Å². The molecule has 8 heteroatoms. The lowest BCUT2D eigenvalue weighted by molar-refractivity contribution is 0.236. The molecule has 0 unspecified atom stereocenters. The van der Waals surface area contributed by atoms with Crippen LogP contribution in [0.15, 0.2) is 46.0 Å². The Morgan fingerprint density at radius 1 is 1.31 bits per heavy atom. The van der Waals surface area contributed by atoms with Gasteiger partial charge in [0.15, 0.2) is 0 Å². The van der Waals surface area contributed by atoms with E-state index in [1.54, 1.807) is 13.4 Å². The van der Waals surface area contributed by atoms with Crippen molar-refractivity contribution in [2.24, 2.45) is 4.99 Å². The minimum Gasteiger partial charge on any atom is -0.497 e. The molecule has 1 aliphatic heterocycles. The summed E-state index contributed by atoms with van der Waals surface area (Å²) in [5, 5.41) is 7.37. The van der Waals surface area contributed by atoms with Gasteiger partial charge < -0.3 is 14.5 Å². The molecule has 0 radical (unpaired) electrons. The highest BCUT2D eigenvalue weighted by Crippen LogP contribution is 2.22. The average Bonchev–Trinajstić information content (AvgIpc) is 3.16. The summed E-state index contributed by atoms with van der Waals surface area (Å²) in [7, 11) is 1.65. The van der Waals surface area contributed by atoms with Crippen LogP contribution in [0.5, 0.6) is 5.75 Å². The monoisotopic (exact) mass is 352 g/mol. The first kappa shape index (κ1) is 16.3. The van der Waals surface area contributed by atoms with Crippen molar-refractivity contribution in [3.05, 3.63) is 48.0 Å². The van der Waals surface area contributed by atoms with Crippen molar-refractivity contribution in [3.8, 4) is 5.75 Å². The van der Waals surface area contributed by atoms with Gasteiger partial charge in [-0.2, -0.15) is 0 Å². The summed E-state index contributed by atoms with van der Waals surface area (Å²) in [6, 6.07) is 9.60. The summed E-state index contributed by atoms with van der Waals surface area (Å²) in [6.07, 6.45) is 1.68. The third-order valence-corrected chi connectivity index (χ3v) is 4.18. The average molecular weight is 352 g/mol. The summed E-state index contributed by atoms with van der Waals surface area (Å²) >= 11 is 0. The van der Waals surface area contributed by atoms with Gasteiger partial charge in [0.25, 0.3) is 0 Å². The maximum Gasteiger partial charge on any atom is 0.230 e. The smallest absolute Gasteiger partial charge is 0.230 e. The summed E-state index contributed by atoms with van der Waals surface area (Å²) in [5.74, 6) is 2.89. The molecule has 4 rings (SSSR count). The number of hydrogen-bond acceptors (Lipinski definition) is 8. The van der Waals surface area contributed by atoms with Crippen LogP contribution in [0.4, 0.5) is 5.95 Å². The van der Waals surface area contributed by atoms with Crippen LogP contribution in [-0.4, -0.2) is 41.3 Å². The molecule has 3 aromatic rings. The summed E-state index contributed by atoms with van der Waals surface area (Å²) < 4.78 is 10.6. The van der Waals surface area contributed by atoms with E-state index >= 15 is 0 Å². The van der Waals surface area contributed by atoms with E-state index in [0.29, 0.717) is 31.8 Å². The predicted octanol–water partition coefficient (Wildman–Crippen LogP) is 2.33. The zero-order valence-electron chi connectivity index (χ0n) is 14.7. The molecule has 2 aromatic heterocycles. The van der Waals surface area contributed by atoms with Crippen LogP contribution >= 0.6 is 0 Å². The van der Waals surface area contributed by atoms with E-state index in [2.05, 4.69) is 30.5 Å². The summed E-state index contributed by atoms with van der Waals surface area (Å²) in [5.41, 5.74) is 1.74. The molecular formula is C18H20N6O2. The zero-order valence-corrected chi connectivity index (χ0v) is 14.7. The lowest BCUT2D eigenvalue weighted by atomic mass is 10.2. The Morgan fingerprint density at radius 2 is 2.23 bits per heavy atom. The molecule has 0 saturated carbocycles. The second-order valence-electron chi connectivity index (χ2n) is 6.03. The van der Waals surface area contributed by atoms with E-state index in [1.165, 1.54) is 0 Å². The van der Waals surface area contributed by atoms with E-state index in [1.807, 2.05) is 37.3 Å². The second kappa shape index (κ2) is 7.01. The number of aromatic nitrogens is 2. The van der Waals surface area contributed by atoms with Gasteiger partial charge in [-0.25, -0.2) is 15.0 Å². The number of aliphatic imine (C=N–C) groups is 1. The molecule has 1 aromatic carbocycles. The number of nitrogens with one attached hydrogen (secondary N) is 2. The summed E-state index contributed by atoms with van der Waals surface area (Å²) in [4.78, 5) is 15.7. The third-order valence-electron chi connectivity index (χ3n) is 4.18. The van der Waals surface area contributed by atoms with Crippen LogP contribution in [0.2, 0.25) is 0 Å². The zero-order chi connectivity index (χ0) is 17.9. The molecule has 2 N–H and O–H groups in total. The maximum absolute atomic E-state index is 5.37. The standard InChI is InChI=1S/C18H20N6O2/c1-12-15-8-13(25-2)5-6-16(15)22-18(21-12)23-17-19-10-24(11-20-17)9-14-4-3-7-26-14/h3-8H,9-11H2,1-2H3,(H2,19,20,21,22,23). The number of benzene rings is 1. The maximum atomic E-state index is 5.37. The lowest BCUT2D eigenvalue weighted by Gasteiger charge is -2.26. The molecule has 0 amide bonds. The quantitative estimate of drug-likeness (QED) is 0.745. The van der Waals surface area contributed by atoms with E-state index in [0.717, 1.165) is 28.1 Å². The van der Waals surface area contributed by atoms with Gasteiger partial charge in [0.1, 0.15) is 11.5 Å². The molecular weight excluding hydrogens is 332 g/mol. The van der Waals surface area contributed by atoms with Crippen LogP contribution in [0.3, 0.4) is 0 Å². The molecule has 0 saturated heterocycles. The number of guanidine groups is 1. The molecule has 26 heavy (non-hydrogen) atoms. The first-order valence-corrected chi connectivity index (χ1v) is 8.34. The number of ether oxygens (including phenoxy) is 1. The third kappa shape index (κ3) is 3.45. The molecule has 0 bridgehead atoms. The molecule has 0 atom stereocenters. The normalized spacial score (nSPS) is 14.8. The van der Waals surface area contributed by atoms with Crippen molar-refractivity contribution >= 4 is 22.8 Å². The number of rotatable bonds is 4. The predicted molar refractivity (Wildman–Crippen MR) is 99.0 cm³/mol. The number of aryl methyl sites for hydroxylation is 1. The highest BCUT2D eigenvalue weighted by Gasteiger charge is 2.15. The number of furan rings is 1. The molecule has 3 heterocycles. The molecule has 0 fully saturated rings.